The second-order valence-electron chi connectivity index (χ2n) is 4.72. The molecule has 98 valence electrons. The van der Waals surface area contributed by atoms with Crippen molar-refractivity contribution in [3.63, 3.8) is 0 Å². The first-order valence-electron chi connectivity index (χ1n) is 6.51. The van der Waals surface area contributed by atoms with Crippen molar-refractivity contribution in [3.05, 3.63) is 43.8 Å². The number of aryl methyl sites for hydroxylation is 2. The molecule has 2 atom stereocenters. The third kappa shape index (κ3) is 3.22. The molecular formula is C15H21NS2. The minimum Gasteiger partial charge on any atom is -0.302 e. The molecular weight excluding hydrogens is 258 g/mol. The Balaban J connectivity index is 2.00. The molecule has 1 nitrogen and oxygen atoms in total. The average Bonchev–Trinajstić information content (AvgIpc) is 2.97. The fraction of sp³-hybridized carbons (Fsp3) is 0.467. The second kappa shape index (κ2) is 6.00. The van der Waals surface area contributed by atoms with E-state index in [1.165, 1.54) is 19.5 Å². The van der Waals surface area contributed by atoms with Crippen LogP contribution in [-0.4, -0.2) is 0 Å². The van der Waals surface area contributed by atoms with Crippen molar-refractivity contribution in [2.24, 2.45) is 0 Å². The SMILES string of the molecule is CCc1ccc(C(C)NC(C)c2ccc(C)s2)s1. The second-order valence-corrected chi connectivity index (χ2v) is 7.24. The van der Waals surface area contributed by atoms with E-state index < -0.39 is 0 Å². The molecule has 1 N–H and O–H groups in total. The first kappa shape index (κ1) is 13.8. The first-order valence-corrected chi connectivity index (χ1v) is 8.14. The molecule has 2 aromatic rings. The van der Waals surface area contributed by atoms with E-state index in [-0.39, 0.29) is 0 Å². The fourth-order valence-corrected chi connectivity index (χ4v) is 3.90. The maximum atomic E-state index is 3.68. The van der Waals surface area contributed by atoms with E-state index in [1.54, 1.807) is 0 Å². The Morgan fingerprint density at radius 3 is 2.11 bits per heavy atom. The lowest BCUT2D eigenvalue weighted by atomic mass is 10.2. The van der Waals surface area contributed by atoms with E-state index >= 15 is 0 Å². The largest absolute Gasteiger partial charge is 0.302 e. The molecule has 3 heteroatoms. The summed E-state index contributed by atoms with van der Waals surface area (Å²) in [6.45, 7) is 8.88. The van der Waals surface area contributed by atoms with Crippen molar-refractivity contribution >= 4 is 22.7 Å². The van der Waals surface area contributed by atoms with Crippen LogP contribution in [0.25, 0.3) is 0 Å². The quantitative estimate of drug-likeness (QED) is 0.803. The van der Waals surface area contributed by atoms with Gasteiger partial charge in [-0.25, -0.2) is 0 Å². The van der Waals surface area contributed by atoms with Gasteiger partial charge in [0.2, 0.25) is 0 Å². The molecule has 0 saturated heterocycles. The number of nitrogens with one attached hydrogen (secondary N) is 1. The lowest BCUT2D eigenvalue weighted by molar-refractivity contribution is 0.506. The summed E-state index contributed by atoms with van der Waals surface area (Å²) in [5.41, 5.74) is 0. The van der Waals surface area contributed by atoms with Gasteiger partial charge in [0.05, 0.1) is 0 Å². The maximum Gasteiger partial charge on any atom is 0.0391 e. The number of thiophene rings is 2. The molecule has 0 radical (unpaired) electrons. The van der Waals surface area contributed by atoms with Crippen LogP contribution in [0.2, 0.25) is 0 Å². The van der Waals surface area contributed by atoms with Gasteiger partial charge in [-0.1, -0.05) is 6.92 Å². The van der Waals surface area contributed by atoms with Crippen LogP contribution in [0.5, 0.6) is 0 Å². The molecule has 18 heavy (non-hydrogen) atoms. The van der Waals surface area contributed by atoms with Gasteiger partial charge in [-0.15, -0.1) is 22.7 Å². The number of rotatable bonds is 5. The van der Waals surface area contributed by atoms with Gasteiger partial charge < -0.3 is 5.32 Å². The zero-order valence-corrected chi connectivity index (χ0v) is 13.1. The van der Waals surface area contributed by atoms with Gasteiger partial charge in [0.25, 0.3) is 0 Å². The van der Waals surface area contributed by atoms with Gasteiger partial charge >= 0.3 is 0 Å². The van der Waals surface area contributed by atoms with Crippen LogP contribution >= 0.6 is 22.7 Å². The van der Waals surface area contributed by atoms with Gasteiger partial charge in [0, 0.05) is 31.6 Å². The van der Waals surface area contributed by atoms with E-state index in [4.69, 9.17) is 0 Å². The summed E-state index contributed by atoms with van der Waals surface area (Å²) in [7, 11) is 0. The molecule has 0 bridgehead atoms. The lowest BCUT2D eigenvalue weighted by Crippen LogP contribution is -2.21. The Kier molecular flexibility index (Phi) is 4.60. The number of hydrogen-bond donors (Lipinski definition) is 1. The predicted octanol–water partition coefficient (Wildman–Crippen LogP) is 5.09. The maximum absolute atomic E-state index is 3.68. The topological polar surface area (TPSA) is 12.0 Å². The standard InChI is InChI=1S/C15H21NS2/c1-5-13-7-9-15(18-13)12(4)16-11(3)14-8-6-10(2)17-14/h6-9,11-12,16H,5H2,1-4H3. The zero-order valence-electron chi connectivity index (χ0n) is 11.5. The van der Waals surface area contributed by atoms with Gasteiger partial charge in [-0.3, -0.25) is 0 Å². The normalized spacial score (nSPS) is 14.7. The van der Waals surface area contributed by atoms with Crippen molar-refractivity contribution in [1.29, 1.82) is 0 Å². The molecule has 2 aromatic heterocycles. The third-order valence-electron chi connectivity index (χ3n) is 3.15. The molecule has 0 aromatic carbocycles. The molecule has 0 aliphatic carbocycles. The predicted molar refractivity (Wildman–Crippen MR) is 82.7 cm³/mol. The minimum absolute atomic E-state index is 0.422. The summed E-state index contributed by atoms with van der Waals surface area (Å²) < 4.78 is 0. The van der Waals surface area contributed by atoms with Crippen molar-refractivity contribution in [3.8, 4) is 0 Å². The van der Waals surface area contributed by atoms with E-state index in [0.29, 0.717) is 12.1 Å². The number of hydrogen-bond acceptors (Lipinski definition) is 3. The fourth-order valence-electron chi connectivity index (χ4n) is 2.04. The molecule has 2 rings (SSSR count). The van der Waals surface area contributed by atoms with E-state index in [1.807, 2.05) is 22.7 Å². The summed E-state index contributed by atoms with van der Waals surface area (Å²) in [4.78, 5) is 5.72. The zero-order chi connectivity index (χ0) is 13.1. The molecule has 0 spiro atoms. The summed E-state index contributed by atoms with van der Waals surface area (Å²) in [5.74, 6) is 0. The highest BCUT2D eigenvalue weighted by molar-refractivity contribution is 7.12. The lowest BCUT2D eigenvalue weighted by Gasteiger charge is -2.18. The Hall–Kier alpha value is -0.640. The average molecular weight is 279 g/mol. The van der Waals surface area contributed by atoms with Crippen LogP contribution < -0.4 is 5.32 Å². The smallest absolute Gasteiger partial charge is 0.0391 e. The van der Waals surface area contributed by atoms with Crippen molar-refractivity contribution < 1.29 is 0 Å². The molecule has 0 saturated carbocycles. The van der Waals surface area contributed by atoms with E-state index in [0.717, 1.165) is 6.42 Å². The van der Waals surface area contributed by atoms with Crippen molar-refractivity contribution in [2.75, 3.05) is 0 Å². The van der Waals surface area contributed by atoms with Gasteiger partial charge in [-0.05, 0) is 51.5 Å². The van der Waals surface area contributed by atoms with Crippen LogP contribution in [-0.2, 0) is 6.42 Å². The monoisotopic (exact) mass is 279 g/mol. The first-order chi connectivity index (χ1) is 8.60. The summed E-state index contributed by atoms with van der Waals surface area (Å²) in [5, 5.41) is 3.68. The highest BCUT2D eigenvalue weighted by Gasteiger charge is 2.13. The van der Waals surface area contributed by atoms with Crippen LogP contribution in [0.15, 0.2) is 24.3 Å². The minimum atomic E-state index is 0.422. The Morgan fingerprint density at radius 1 is 1.00 bits per heavy atom. The van der Waals surface area contributed by atoms with Crippen LogP contribution in [0.4, 0.5) is 0 Å². The highest BCUT2D eigenvalue weighted by Crippen LogP contribution is 2.28. The molecule has 0 aliphatic heterocycles. The molecule has 0 fully saturated rings. The summed E-state index contributed by atoms with van der Waals surface area (Å²) in [6.07, 6.45) is 1.14. The van der Waals surface area contributed by atoms with Gasteiger partial charge in [0.1, 0.15) is 0 Å². The van der Waals surface area contributed by atoms with Crippen LogP contribution in [0.1, 0.15) is 52.4 Å². The molecule has 0 aliphatic rings. The Labute approximate surface area is 118 Å². The molecule has 2 unspecified atom stereocenters. The Morgan fingerprint density at radius 2 is 1.61 bits per heavy atom. The van der Waals surface area contributed by atoms with E-state index in [9.17, 15) is 0 Å². The highest BCUT2D eigenvalue weighted by atomic mass is 32.1. The Bertz CT molecular complexity index is 498. The molecule has 2 heterocycles. The molecule has 0 amide bonds. The van der Waals surface area contributed by atoms with Gasteiger partial charge in [-0.2, -0.15) is 0 Å². The van der Waals surface area contributed by atoms with Gasteiger partial charge in [0.15, 0.2) is 0 Å². The summed E-state index contributed by atoms with van der Waals surface area (Å²) in [6, 6.07) is 9.78. The third-order valence-corrected chi connectivity index (χ3v) is 5.74. The van der Waals surface area contributed by atoms with Crippen LogP contribution in [0, 0.1) is 6.92 Å². The van der Waals surface area contributed by atoms with E-state index in [2.05, 4.69) is 57.3 Å². The van der Waals surface area contributed by atoms with Crippen LogP contribution in [0.3, 0.4) is 0 Å². The van der Waals surface area contributed by atoms with Crippen molar-refractivity contribution in [1.82, 2.24) is 5.32 Å². The summed E-state index contributed by atoms with van der Waals surface area (Å²) >= 11 is 3.81. The van der Waals surface area contributed by atoms with Crippen molar-refractivity contribution in [2.45, 2.75) is 46.2 Å².